The first-order valence-corrected chi connectivity index (χ1v) is 6.12. The fourth-order valence-corrected chi connectivity index (χ4v) is 1.69. The Morgan fingerprint density at radius 3 is 2.28 bits per heavy atom. The van der Waals surface area contributed by atoms with Crippen LogP contribution >= 0.6 is 11.6 Å². The van der Waals surface area contributed by atoms with Crippen LogP contribution < -0.4 is 5.32 Å². The SMILES string of the molecule is CC(C)(C)OC(=O)Nc1cnn(C(C)(C)C)c1Cl. The van der Waals surface area contributed by atoms with Crippen molar-refractivity contribution >= 4 is 23.4 Å². The van der Waals surface area contributed by atoms with Crippen LogP contribution in [0.4, 0.5) is 10.5 Å². The monoisotopic (exact) mass is 273 g/mol. The lowest BCUT2D eigenvalue weighted by Crippen LogP contribution is -2.27. The van der Waals surface area contributed by atoms with Gasteiger partial charge in [0.25, 0.3) is 0 Å². The summed E-state index contributed by atoms with van der Waals surface area (Å²) in [7, 11) is 0. The molecule has 1 aromatic rings. The molecule has 0 saturated carbocycles. The van der Waals surface area contributed by atoms with Gasteiger partial charge in [0, 0.05) is 0 Å². The number of aromatic nitrogens is 2. The average molecular weight is 274 g/mol. The maximum absolute atomic E-state index is 11.6. The van der Waals surface area contributed by atoms with Gasteiger partial charge in [0.2, 0.25) is 0 Å². The molecular formula is C12H20ClN3O2. The van der Waals surface area contributed by atoms with E-state index in [0.717, 1.165) is 0 Å². The minimum Gasteiger partial charge on any atom is -0.444 e. The molecule has 0 spiro atoms. The van der Waals surface area contributed by atoms with Crippen molar-refractivity contribution in [1.82, 2.24) is 9.78 Å². The third kappa shape index (κ3) is 3.91. The topological polar surface area (TPSA) is 56.1 Å². The second kappa shape index (κ2) is 4.80. The van der Waals surface area contributed by atoms with E-state index in [1.165, 1.54) is 6.20 Å². The predicted octanol–water partition coefficient (Wildman–Crippen LogP) is 3.64. The number of amides is 1. The van der Waals surface area contributed by atoms with E-state index in [2.05, 4.69) is 10.4 Å². The standard InChI is InChI=1S/C12H20ClN3O2/c1-11(2,3)16-9(13)8(7-14-16)15-10(17)18-12(4,5)6/h7H,1-6H3,(H,15,17). The number of hydrogen-bond acceptors (Lipinski definition) is 3. The molecule has 1 amide bonds. The average Bonchev–Trinajstić information content (AvgIpc) is 2.43. The number of carbonyl (C=O) groups is 1. The number of halogens is 1. The number of anilines is 1. The summed E-state index contributed by atoms with van der Waals surface area (Å²) in [6.07, 6.45) is 0.968. The van der Waals surface area contributed by atoms with E-state index >= 15 is 0 Å². The zero-order valence-corrected chi connectivity index (χ0v) is 12.4. The third-order valence-electron chi connectivity index (χ3n) is 1.98. The van der Waals surface area contributed by atoms with Crippen molar-refractivity contribution in [2.75, 3.05) is 5.32 Å². The molecule has 0 aromatic carbocycles. The van der Waals surface area contributed by atoms with Crippen LogP contribution in [0.15, 0.2) is 6.20 Å². The highest BCUT2D eigenvalue weighted by Crippen LogP contribution is 2.27. The fraction of sp³-hybridized carbons (Fsp3) is 0.667. The Bertz CT molecular complexity index is 441. The molecule has 1 N–H and O–H groups in total. The molecule has 1 heterocycles. The van der Waals surface area contributed by atoms with Crippen LogP contribution in [0.1, 0.15) is 41.5 Å². The van der Waals surface area contributed by atoms with Crippen LogP contribution in [0.5, 0.6) is 0 Å². The minimum atomic E-state index is -0.545. The second-order valence-corrected chi connectivity index (χ2v) is 6.42. The van der Waals surface area contributed by atoms with Crippen LogP contribution in [0, 0.1) is 0 Å². The molecule has 1 aromatic heterocycles. The largest absolute Gasteiger partial charge is 0.444 e. The molecule has 18 heavy (non-hydrogen) atoms. The van der Waals surface area contributed by atoms with Crippen LogP contribution in [-0.4, -0.2) is 21.5 Å². The molecule has 1 rings (SSSR count). The first-order chi connectivity index (χ1) is 8.00. The van der Waals surface area contributed by atoms with Crippen molar-refractivity contribution in [1.29, 1.82) is 0 Å². The fourth-order valence-electron chi connectivity index (χ4n) is 1.30. The van der Waals surface area contributed by atoms with Gasteiger partial charge in [0.1, 0.15) is 11.3 Å². The van der Waals surface area contributed by atoms with Crippen molar-refractivity contribution in [2.45, 2.75) is 52.7 Å². The van der Waals surface area contributed by atoms with Gasteiger partial charge < -0.3 is 4.74 Å². The molecule has 102 valence electrons. The minimum absolute atomic E-state index is 0.245. The third-order valence-corrected chi connectivity index (χ3v) is 2.35. The number of nitrogens with one attached hydrogen (secondary N) is 1. The molecule has 0 bridgehead atoms. The van der Waals surface area contributed by atoms with Crippen LogP contribution in [0.2, 0.25) is 5.15 Å². The van der Waals surface area contributed by atoms with Gasteiger partial charge >= 0.3 is 6.09 Å². The lowest BCUT2D eigenvalue weighted by Gasteiger charge is -2.21. The number of ether oxygens (including phenoxy) is 1. The van der Waals surface area contributed by atoms with Crippen LogP contribution in [0.3, 0.4) is 0 Å². The van der Waals surface area contributed by atoms with E-state index in [1.54, 1.807) is 25.5 Å². The Balaban J connectivity index is 2.82. The van der Waals surface area contributed by atoms with Crippen molar-refractivity contribution < 1.29 is 9.53 Å². The lowest BCUT2D eigenvalue weighted by molar-refractivity contribution is 0.0636. The lowest BCUT2D eigenvalue weighted by atomic mass is 10.1. The summed E-state index contributed by atoms with van der Waals surface area (Å²) in [4.78, 5) is 11.6. The van der Waals surface area contributed by atoms with Gasteiger partial charge in [-0.15, -0.1) is 0 Å². The van der Waals surface area contributed by atoms with Gasteiger partial charge in [-0.3, -0.25) is 5.32 Å². The molecule has 0 aliphatic rings. The Morgan fingerprint density at radius 1 is 1.33 bits per heavy atom. The maximum atomic E-state index is 11.6. The van der Waals surface area contributed by atoms with E-state index in [4.69, 9.17) is 16.3 Å². The van der Waals surface area contributed by atoms with Crippen molar-refractivity contribution in [2.24, 2.45) is 0 Å². The first kappa shape index (κ1) is 14.8. The van der Waals surface area contributed by atoms with Gasteiger partial charge in [0.05, 0.1) is 11.7 Å². The Morgan fingerprint density at radius 2 is 1.89 bits per heavy atom. The van der Waals surface area contributed by atoms with Gasteiger partial charge in [-0.1, -0.05) is 11.6 Å². The summed E-state index contributed by atoms with van der Waals surface area (Å²) in [5, 5.41) is 7.12. The zero-order chi connectivity index (χ0) is 14.1. The quantitative estimate of drug-likeness (QED) is 0.850. The highest BCUT2D eigenvalue weighted by Gasteiger charge is 2.22. The molecule has 0 unspecified atom stereocenters. The van der Waals surface area contributed by atoms with Crippen LogP contribution in [-0.2, 0) is 10.3 Å². The number of hydrogen-bond donors (Lipinski definition) is 1. The summed E-state index contributed by atoms with van der Waals surface area (Å²) < 4.78 is 6.79. The van der Waals surface area contributed by atoms with Crippen molar-refractivity contribution in [3.8, 4) is 0 Å². The summed E-state index contributed by atoms with van der Waals surface area (Å²) in [5.41, 5.74) is -0.345. The Kier molecular flexibility index (Phi) is 3.96. The van der Waals surface area contributed by atoms with Gasteiger partial charge in [-0.2, -0.15) is 5.10 Å². The summed E-state index contributed by atoms with van der Waals surface area (Å²) >= 11 is 6.15. The number of nitrogens with zero attached hydrogens (tertiary/aromatic N) is 2. The van der Waals surface area contributed by atoms with Gasteiger partial charge in [-0.25, -0.2) is 9.48 Å². The van der Waals surface area contributed by atoms with Crippen molar-refractivity contribution in [3.63, 3.8) is 0 Å². The predicted molar refractivity (Wildman–Crippen MR) is 72.1 cm³/mol. The van der Waals surface area contributed by atoms with Crippen LogP contribution in [0.25, 0.3) is 0 Å². The summed E-state index contributed by atoms with van der Waals surface area (Å²) in [6, 6.07) is 0. The Labute approximate surface area is 112 Å². The van der Waals surface area contributed by atoms with Crippen molar-refractivity contribution in [3.05, 3.63) is 11.3 Å². The van der Waals surface area contributed by atoms with E-state index in [0.29, 0.717) is 10.8 Å². The van der Waals surface area contributed by atoms with E-state index in [-0.39, 0.29) is 5.54 Å². The molecule has 0 radical (unpaired) electrons. The highest BCUT2D eigenvalue weighted by atomic mass is 35.5. The molecule has 0 saturated heterocycles. The van der Waals surface area contributed by atoms with Gasteiger partial charge in [0.15, 0.2) is 5.15 Å². The molecule has 0 atom stereocenters. The summed E-state index contributed by atoms with van der Waals surface area (Å²) in [5.74, 6) is 0. The molecule has 0 aliphatic heterocycles. The zero-order valence-electron chi connectivity index (χ0n) is 11.7. The van der Waals surface area contributed by atoms with E-state index in [1.807, 2.05) is 20.8 Å². The second-order valence-electron chi connectivity index (χ2n) is 6.06. The van der Waals surface area contributed by atoms with E-state index in [9.17, 15) is 4.79 Å². The maximum Gasteiger partial charge on any atom is 0.412 e. The number of rotatable bonds is 1. The smallest absolute Gasteiger partial charge is 0.412 e. The summed E-state index contributed by atoms with van der Waals surface area (Å²) in [6.45, 7) is 11.3. The molecule has 5 nitrogen and oxygen atoms in total. The van der Waals surface area contributed by atoms with Gasteiger partial charge in [-0.05, 0) is 41.5 Å². The molecular weight excluding hydrogens is 254 g/mol. The molecule has 0 fully saturated rings. The molecule has 6 heteroatoms. The number of carbonyl (C=O) groups excluding carboxylic acids is 1. The Hall–Kier alpha value is -1.23. The molecule has 0 aliphatic carbocycles. The first-order valence-electron chi connectivity index (χ1n) is 5.75. The normalized spacial score (nSPS) is 12.4. The highest BCUT2D eigenvalue weighted by molar-refractivity contribution is 6.32. The van der Waals surface area contributed by atoms with E-state index < -0.39 is 11.7 Å².